The van der Waals surface area contributed by atoms with Crippen molar-refractivity contribution in [2.45, 2.75) is 45.3 Å². The van der Waals surface area contributed by atoms with Gasteiger partial charge in [0.1, 0.15) is 12.6 Å². The molecular weight excluding hydrogens is 210 g/mol. The minimum atomic E-state index is -0.980. The minimum absolute atomic E-state index is 0.0622. The zero-order valence-corrected chi connectivity index (χ0v) is 9.81. The summed E-state index contributed by atoms with van der Waals surface area (Å²) in [6.45, 7) is 4.14. The molecule has 0 bridgehead atoms. The second-order valence-electron chi connectivity index (χ2n) is 4.12. The Morgan fingerprint density at radius 2 is 2.25 bits per heavy atom. The Labute approximate surface area is 95.4 Å². The molecule has 1 aliphatic heterocycles. The third kappa shape index (κ3) is 3.20. The van der Waals surface area contributed by atoms with Crippen molar-refractivity contribution in [3.05, 3.63) is 0 Å². The Morgan fingerprint density at radius 1 is 1.56 bits per heavy atom. The molecule has 2 atom stereocenters. The van der Waals surface area contributed by atoms with Crippen molar-refractivity contribution in [2.75, 3.05) is 13.2 Å². The lowest BCUT2D eigenvalue weighted by Gasteiger charge is -2.29. The highest BCUT2D eigenvalue weighted by Crippen LogP contribution is 2.17. The number of hydrogen-bond donors (Lipinski definition) is 1. The van der Waals surface area contributed by atoms with Crippen molar-refractivity contribution in [3.8, 4) is 0 Å². The normalized spacial score (nSPS) is 21.8. The summed E-state index contributed by atoms with van der Waals surface area (Å²) in [4.78, 5) is 24.1. The molecule has 5 heteroatoms. The van der Waals surface area contributed by atoms with Crippen LogP contribution in [0.2, 0.25) is 0 Å². The highest BCUT2D eigenvalue weighted by Gasteiger charge is 2.31. The molecule has 0 aromatic carbocycles. The molecule has 0 radical (unpaired) electrons. The molecular formula is C11H19NO4. The summed E-state index contributed by atoms with van der Waals surface area (Å²) in [5.74, 6) is -1.17. The summed E-state index contributed by atoms with van der Waals surface area (Å²) in [5, 5.41) is 8.79. The lowest BCUT2D eigenvalue weighted by molar-refractivity contribution is -0.151. The van der Waals surface area contributed by atoms with E-state index in [1.165, 1.54) is 4.90 Å². The van der Waals surface area contributed by atoms with Crippen LogP contribution in [0.5, 0.6) is 0 Å². The van der Waals surface area contributed by atoms with Crippen LogP contribution in [0.4, 0.5) is 0 Å². The van der Waals surface area contributed by atoms with Gasteiger partial charge in [0.2, 0.25) is 0 Å². The number of carboxylic acids is 1. The topological polar surface area (TPSA) is 66.8 Å². The summed E-state index contributed by atoms with van der Waals surface area (Å²) < 4.78 is 5.29. The van der Waals surface area contributed by atoms with Gasteiger partial charge in [0.25, 0.3) is 5.91 Å². The molecule has 1 amide bonds. The quantitative estimate of drug-likeness (QED) is 0.759. The maximum atomic E-state index is 12.0. The van der Waals surface area contributed by atoms with Crippen LogP contribution in [-0.2, 0) is 14.3 Å². The van der Waals surface area contributed by atoms with Gasteiger partial charge in [0.15, 0.2) is 0 Å². The van der Waals surface area contributed by atoms with Crippen molar-refractivity contribution in [1.82, 2.24) is 4.90 Å². The molecule has 0 saturated carbocycles. The van der Waals surface area contributed by atoms with E-state index >= 15 is 0 Å². The molecule has 5 nitrogen and oxygen atoms in total. The van der Waals surface area contributed by atoms with E-state index in [-0.39, 0.29) is 18.5 Å². The van der Waals surface area contributed by atoms with Gasteiger partial charge in [0.05, 0.1) is 0 Å². The predicted octanol–water partition coefficient (Wildman–Crippen LogP) is 0.877. The molecule has 0 aromatic heterocycles. The van der Waals surface area contributed by atoms with Crippen molar-refractivity contribution in [1.29, 1.82) is 0 Å². The Kier molecular flexibility index (Phi) is 4.73. The Hall–Kier alpha value is -1.10. The molecule has 1 heterocycles. The van der Waals surface area contributed by atoms with Crippen LogP contribution in [0.15, 0.2) is 0 Å². The molecule has 1 N–H and O–H groups in total. The first-order valence-electron chi connectivity index (χ1n) is 5.70. The molecule has 92 valence electrons. The van der Waals surface area contributed by atoms with Crippen molar-refractivity contribution in [2.24, 2.45) is 0 Å². The summed E-state index contributed by atoms with van der Waals surface area (Å²) in [7, 11) is 0. The first-order valence-corrected chi connectivity index (χ1v) is 5.70. The lowest BCUT2D eigenvalue weighted by atomic mass is 10.1. The fourth-order valence-corrected chi connectivity index (χ4v) is 1.77. The van der Waals surface area contributed by atoms with Crippen molar-refractivity contribution in [3.63, 3.8) is 0 Å². The fourth-order valence-electron chi connectivity index (χ4n) is 1.77. The van der Waals surface area contributed by atoms with Crippen LogP contribution < -0.4 is 0 Å². The number of carbonyl (C=O) groups is 2. The molecule has 16 heavy (non-hydrogen) atoms. The van der Waals surface area contributed by atoms with Crippen LogP contribution in [0.1, 0.15) is 33.1 Å². The van der Waals surface area contributed by atoms with E-state index < -0.39 is 12.1 Å². The van der Waals surface area contributed by atoms with E-state index in [4.69, 9.17) is 9.84 Å². The van der Waals surface area contributed by atoms with E-state index in [1.807, 2.05) is 13.8 Å². The van der Waals surface area contributed by atoms with E-state index in [0.717, 1.165) is 12.8 Å². The summed E-state index contributed by atoms with van der Waals surface area (Å²) in [6.07, 6.45) is 1.88. The number of amides is 1. The van der Waals surface area contributed by atoms with Crippen LogP contribution >= 0.6 is 0 Å². The maximum Gasteiger partial charge on any atom is 0.323 e. The van der Waals surface area contributed by atoms with Gasteiger partial charge in [-0.3, -0.25) is 9.59 Å². The van der Waals surface area contributed by atoms with E-state index in [1.54, 1.807) is 0 Å². The Balaban J connectivity index is 2.66. The van der Waals surface area contributed by atoms with Gasteiger partial charge in [-0.25, -0.2) is 0 Å². The second-order valence-corrected chi connectivity index (χ2v) is 4.12. The molecule has 1 unspecified atom stereocenters. The number of nitrogens with zero attached hydrogens (tertiary/aromatic N) is 1. The number of ether oxygens (including phenoxy) is 1. The molecule has 1 rings (SSSR count). The van der Waals surface area contributed by atoms with Gasteiger partial charge in [-0.2, -0.15) is 0 Å². The van der Waals surface area contributed by atoms with Gasteiger partial charge in [-0.1, -0.05) is 6.92 Å². The fraction of sp³-hybridized carbons (Fsp3) is 0.818. The second kappa shape index (κ2) is 5.84. The van der Waals surface area contributed by atoms with Gasteiger partial charge in [-0.05, 0) is 26.2 Å². The van der Waals surface area contributed by atoms with Gasteiger partial charge in [-0.15, -0.1) is 0 Å². The minimum Gasteiger partial charge on any atom is -0.480 e. The third-order valence-electron chi connectivity index (χ3n) is 2.92. The summed E-state index contributed by atoms with van der Waals surface area (Å²) in [5.41, 5.74) is 0. The smallest absolute Gasteiger partial charge is 0.323 e. The SMILES string of the molecule is CCC(C)N(CC(=O)O)C(=O)[C@H]1CCCO1. The first-order chi connectivity index (χ1) is 7.56. The largest absolute Gasteiger partial charge is 0.480 e. The molecule has 0 spiro atoms. The number of carbonyl (C=O) groups excluding carboxylic acids is 1. The van der Waals surface area contributed by atoms with Gasteiger partial charge in [0, 0.05) is 12.6 Å². The number of carboxylic acid groups (broad SMARTS) is 1. The highest BCUT2D eigenvalue weighted by molar-refractivity contribution is 5.85. The van der Waals surface area contributed by atoms with E-state index in [0.29, 0.717) is 13.0 Å². The average Bonchev–Trinajstić information content (AvgIpc) is 2.77. The number of hydrogen-bond acceptors (Lipinski definition) is 3. The predicted molar refractivity (Wildman–Crippen MR) is 58.1 cm³/mol. The lowest BCUT2D eigenvalue weighted by Crippen LogP contribution is -2.46. The standard InChI is InChI=1S/C11H19NO4/c1-3-8(2)12(7-10(13)14)11(15)9-5-4-6-16-9/h8-9H,3-7H2,1-2H3,(H,13,14)/t8?,9-/m1/s1. The number of aliphatic carboxylic acids is 1. The molecule has 1 aliphatic rings. The van der Waals surface area contributed by atoms with Crippen molar-refractivity contribution < 1.29 is 19.4 Å². The highest BCUT2D eigenvalue weighted by atomic mass is 16.5. The maximum absolute atomic E-state index is 12.0. The third-order valence-corrected chi connectivity index (χ3v) is 2.92. The van der Waals surface area contributed by atoms with Crippen LogP contribution in [-0.4, -0.2) is 47.2 Å². The van der Waals surface area contributed by atoms with E-state index in [2.05, 4.69) is 0 Å². The van der Waals surface area contributed by atoms with Crippen LogP contribution in [0.3, 0.4) is 0 Å². The molecule has 1 fully saturated rings. The Bertz CT molecular complexity index is 261. The zero-order valence-electron chi connectivity index (χ0n) is 9.81. The van der Waals surface area contributed by atoms with Gasteiger partial charge >= 0.3 is 5.97 Å². The average molecular weight is 229 g/mol. The van der Waals surface area contributed by atoms with Gasteiger partial charge < -0.3 is 14.7 Å². The number of rotatable bonds is 5. The summed E-state index contributed by atoms with van der Waals surface area (Å²) >= 11 is 0. The molecule has 0 aromatic rings. The van der Waals surface area contributed by atoms with Crippen LogP contribution in [0.25, 0.3) is 0 Å². The van der Waals surface area contributed by atoms with Crippen molar-refractivity contribution >= 4 is 11.9 Å². The monoisotopic (exact) mass is 229 g/mol. The zero-order chi connectivity index (χ0) is 12.1. The van der Waals surface area contributed by atoms with Crippen LogP contribution in [0, 0.1) is 0 Å². The Morgan fingerprint density at radius 3 is 2.69 bits per heavy atom. The molecule has 1 saturated heterocycles. The van der Waals surface area contributed by atoms with E-state index in [9.17, 15) is 9.59 Å². The summed E-state index contributed by atoms with van der Waals surface area (Å²) in [6, 6.07) is -0.0622. The first kappa shape index (κ1) is 13.0. The molecule has 0 aliphatic carbocycles.